The van der Waals surface area contributed by atoms with Gasteiger partial charge in [0.15, 0.2) is 0 Å². The van der Waals surface area contributed by atoms with Crippen LogP contribution >= 0.6 is 23.2 Å². The predicted molar refractivity (Wildman–Crippen MR) is 109 cm³/mol. The molecule has 0 radical (unpaired) electrons. The monoisotopic (exact) mass is 414 g/mol. The third-order valence-electron chi connectivity index (χ3n) is 3.95. The maximum absolute atomic E-state index is 11.7. The smallest absolute Gasteiger partial charge is 0.336 e. The lowest BCUT2D eigenvalue weighted by Gasteiger charge is -2.04. The van der Waals surface area contributed by atoms with Crippen LogP contribution in [0.4, 0.5) is 0 Å². The van der Waals surface area contributed by atoms with Crippen molar-refractivity contribution in [3.63, 3.8) is 0 Å². The first kappa shape index (κ1) is 23.5. The molecule has 0 aromatic heterocycles. The van der Waals surface area contributed by atoms with Gasteiger partial charge in [0.2, 0.25) is 0 Å². The van der Waals surface area contributed by atoms with Crippen molar-refractivity contribution >= 4 is 35.1 Å². The Morgan fingerprint density at radius 2 is 1.48 bits per heavy atom. The minimum atomic E-state index is -0.709. The van der Waals surface area contributed by atoms with Crippen LogP contribution < -0.4 is 4.74 Å². The highest BCUT2D eigenvalue weighted by atomic mass is 35.5. The van der Waals surface area contributed by atoms with E-state index >= 15 is 0 Å². The van der Waals surface area contributed by atoms with E-state index < -0.39 is 11.9 Å². The second kappa shape index (κ2) is 14.5. The lowest BCUT2D eigenvalue weighted by atomic mass is 10.1. The molecular formula is C21H28Cl2O4. The number of rotatable bonds is 13. The molecule has 0 bridgehead atoms. The summed E-state index contributed by atoms with van der Waals surface area (Å²) in [5.41, 5.74) is 0. The first-order valence-corrected chi connectivity index (χ1v) is 10.3. The summed E-state index contributed by atoms with van der Waals surface area (Å²) in [4.78, 5) is 23.3. The zero-order valence-electron chi connectivity index (χ0n) is 15.8. The molecule has 4 nitrogen and oxygen atoms in total. The first-order valence-electron chi connectivity index (χ1n) is 9.54. The number of carbonyl (C=O) groups is 2. The van der Waals surface area contributed by atoms with Crippen LogP contribution in [0.3, 0.4) is 0 Å². The van der Waals surface area contributed by atoms with Gasteiger partial charge in [0, 0.05) is 17.2 Å². The van der Waals surface area contributed by atoms with Gasteiger partial charge in [0.25, 0.3) is 0 Å². The number of hydrogen-bond acceptors (Lipinski definition) is 4. The molecule has 1 rings (SSSR count). The third kappa shape index (κ3) is 11.7. The summed E-state index contributed by atoms with van der Waals surface area (Å²) in [5, 5.41) is 0.660. The van der Waals surface area contributed by atoms with E-state index in [1.165, 1.54) is 50.7 Å². The van der Waals surface area contributed by atoms with Crippen LogP contribution in [-0.4, -0.2) is 18.5 Å². The zero-order valence-corrected chi connectivity index (χ0v) is 17.4. The fraction of sp³-hybridized carbons (Fsp3) is 0.524. The molecule has 0 saturated heterocycles. The average Bonchev–Trinajstić information content (AvgIpc) is 2.64. The van der Waals surface area contributed by atoms with Gasteiger partial charge in [-0.1, -0.05) is 81.5 Å². The Morgan fingerprint density at radius 3 is 2.11 bits per heavy atom. The summed E-state index contributed by atoms with van der Waals surface area (Å²) in [5.74, 6) is -1.09. The van der Waals surface area contributed by atoms with Crippen molar-refractivity contribution in [3.8, 4) is 5.75 Å². The highest BCUT2D eigenvalue weighted by Gasteiger charge is 2.07. The van der Waals surface area contributed by atoms with Crippen molar-refractivity contribution < 1.29 is 19.1 Å². The summed E-state index contributed by atoms with van der Waals surface area (Å²) in [6.07, 6.45) is 12.9. The molecule has 0 N–H and O–H groups in total. The van der Waals surface area contributed by atoms with Gasteiger partial charge in [-0.3, -0.25) is 0 Å². The van der Waals surface area contributed by atoms with Crippen LogP contribution in [0.2, 0.25) is 10.0 Å². The molecule has 0 aliphatic rings. The number of hydrogen-bond donors (Lipinski definition) is 0. The van der Waals surface area contributed by atoms with Crippen molar-refractivity contribution in [2.45, 2.75) is 64.7 Å². The maximum atomic E-state index is 11.7. The molecule has 1 aromatic rings. The second-order valence-corrected chi connectivity index (χ2v) is 7.17. The summed E-state index contributed by atoms with van der Waals surface area (Å²) in [6.45, 7) is 2.58. The van der Waals surface area contributed by atoms with Crippen molar-refractivity contribution in [2.24, 2.45) is 0 Å². The number of ether oxygens (including phenoxy) is 2. The van der Waals surface area contributed by atoms with E-state index in [-0.39, 0.29) is 10.8 Å². The largest absolute Gasteiger partial charge is 0.463 e. The highest BCUT2D eigenvalue weighted by molar-refractivity contribution is 6.35. The second-order valence-electron chi connectivity index (χ2n) is 6.33. The van der Waals surface area contributed by atoms with Gasteiger partial charge in [-0.25, -0.2) is 9.59 Å². The average molecular weight is 415 g/mol. The fourth-order valence-electron chi connectivity index (χ4n) is 2.47. The molecule has 0 fully saturated rings. The number of benzene rings is 1. The normalized spacial score (nSPS) is 10.9. The Labute approximate surface area is 171 Å². The Morgan fingerprint density at radius 1 is 0.889 bits per heavy atom. The molecule has 0 saturated carbocycles. The third-order valence-corrected chi connectivity index (χ3v) is 4.48. The molecule has 0 amide bonds. The molecule has 0 unspecified atom stereocenters. The van der Waals surface area contributed by atoms with E-state index in [9.17, 15) is 9.59 Å². The Hall–Kier alpha value is -1.52. The standard InChI is InChI=1S/C21H28Cl2O4/c1-2-3-4-5-6-7-8-9-10-15-26-20(24)13-14-21(25)27-19-12-11-17(22)16-18(19)23/h11-14,16H,2-10,15H2,1H3/b14-13+. The van der Waals surface area contributed by atoms with Gasteiger partial charge in [-0.05, 0) is 24.6 Å². The molecular weight excluding hydrogens is 387 g/mol. The van der Waals surface area contributed by atoms with Crippen LogP contribution in [0.25, 0.3) is 0 Å². The summed E-state index contributed by atoms with van der Waals surface area (Å²) in [6, 6.07) is 4.51. The SMILES string of the molecule is CCCCCCCCCCCOC(=O)/C=C/C(=O)Oc1ccc(Cl)cc1Cl. The van der Waals surface area contributed by atoms with Gasteiger partial charge in [-0.2, -0.15) is 0 Å². The first-order chi connectivity index (χ1) is 13.0. The Bertz CT molecular complexity index is 614. The van der Waals surface area contributed by atoms with Gasteiger partial charge in [-0.15, -0.1) is 0 Å². The molecule has 0 heterocycles. The minimum absolute atomic E-state index is 0.179. The summed E-state index contributed by atoms with van der Waals surface area (Å²) >= 11 is 11.7. The maximum Gasteiger partial charge on any atom is 0.336 e. The van der Waals surface area contributed by atoms with Gasteiger partial charge in [0.05, 0.1) is 11.6 Å². The van der Waals surface area contributed by atoms with Crippen LogP contribution in [0.5, 0.6) is 5.75 Å². The molecule has 6 heteroatoms. The predicted octanol–water partition coefficient (Wildman–Crippen LogP) is 6.53. The molecule has 0 spiro atoms. The lowest BCUT2D eigenvalue weighted by Crippen LogP contribution is -2.07. The van der Waals surface area contributed by atoms with Crippen LogP contribution in [0.15, 0.2) is 30.4 Å². The van der Waals surface area contributed by atoms with Gasteiger partial charge < -0.3 is 9.47 Å². The lowest BCUT2D eigenvalue weighted by molar-refractivity contribution is -0.138. The van der Waals surface area contributed by atoms with E-state index in [2.05, 4.69) is 6.92 Å². The van der Waals surface area contributed by atoms with E-state index in [1.807, 2.05) is 0 Å². The van der Waals surface area contributed by atoms with Crippen molar-refractivity contribution in [1.29, 1.82) is 0 Å². The molecule has 1 aromatic carbocycles. The van der Waals surface area contributed by atoms with Crippen LogP contribution in [-0.2, 0) is 14.3 Å². The van der Waals surface area contributed by atoms with E-state index in [1.54, 1.807) is 6.07 Å². The van der Waals surface area contributed by atoms with Crippen molar-refractivity contribution in [1.82, 2.24) is 0 Å². The highest BCUT2D eigenvalue weighted by Crippen LogP contribution is 2.27. The number of esters is 2. The van der Waals surface area contributed by atoms with E-state index in [4.69, 9.17) is 32.7 Å². The number of halogens is 2. The topological polar surface area (TPSA) is 52.6 Å². The Kier molecular flexibility index (Phi) is 12.7. The summed E-state index contributed by atoms with van der Waals surface area (Å²) in [7, 11) is 0. The molecule has 150 valence electrons. The van der Waals surface area contributed by atoms with Crippen molar-refractivity contribution in [3.05, 3.63) is 40.4 Å². The fourth-order valence-corrected chi connectivity index (χ4v) is 2.92. The van der Waals surface area contributed by atoms with Gasteiger partial charge >= 0.3 is 11.9 Å². The van der Waals surface area contributed by atoms with Crippen LogP contribution in [0, 0.1) is 0 Å². The zero-order chi connectivity index (χ0) is 19.9. The summed E-state index contributed by atoms with van der Waals surface area (Å²) < 4.78 is 10.1. The quantitative estimate of drug-likeness (QED) is 0.159. The molecule has 27 heavy (non-hydrogen) atoms. The Balaban J connectivity index is 2.11. The van der Waals surface area contributed by atoms with E-state index in [0.717, 1.165) is 31.4 Å². The molecule has 0 aliphatic carbocycles. The van der Waals surface area contributed by atoms with Crippen LogP contribution in [0.1, 0.15) is 64.7 Å². The molecule has 0 aliphatic heterocycles. The van der Waals surface area contributed by atoms with Gasteiger partial charge in [0.1, 0.15) is 5.75 Å². The van der Waals surface area contributed by atoms with Crippen molar-refractivity contribution in [2.75, 3.05) is 6.61 Å². The number of carbonyl (C=O) groups excluding carboxylic acids is 2. The van der Waals surface area contributed by atoms with E-state index in [0.29, 0.717) is 11.6 Å². The minimum Gasteiger partial charge on any atom is -0.463 e. The number of unbranched alkanes of at least 4 members (excludes halogenated alkanes) is 8. The molecule has 0 atom stereocenters.